The average molecular weight is 351 g/mol. The van der Waals surface area contributed by atoms with E-state index in [-0.39, 0.29) is 17.6 Å². The Morgan fingerprint density at radius 3 is 2.46 bits per heavy atom. The molecular weight excluding hydrogens is 320 g/mol. The van der Waals surface area contributed by atoms with E-state index in [9.17, 15) is 5.11 Å². The summed E-state index contributed by atoms with van der Waals surface area (Å²) in [5.41, 5.74) is 4.17. The molecular formula is C23H30N2O. The number of benzene rings is 2. The molecule has 0 saturated carbocycles. The molecule has 2 aliphatic rings. The molecule has 2 aromatic rings. The summed E-state index contributed by atoms with van der Waals surface area (Å²) < 4.78 is 0. The van der Waals surface area contributed by atoms with Crippen LogP contribution in [0.25, 0.3) is 0 Å². The number of rotatable bonds is 5. The average Bonchev–Trinajstić information content (AvgIpc) is 3.12. The van der Waals surface area contributed by atoms with Crippen LogP contribution in [0.5, 0.6) is 0 Å². The number of anilines is 1. The summed E-state index contributed by atoms with van der Waals surface area (Å²) >= 11 is 0. The van der Waals surface area contributed by atoms with Crippen LogP contribution in [0.1, 0.15) is 30.9 Å². The van der Waals surface area contributed by atoms with E-state index in [1.165, 1.54) is 16.8 Å². The molecule has 1 saturated heterocycles. The largest absolute Gasteiger partial charge is 0.393 e. The van der Waals surface area contributed by atoms with E-state index in [1.54, 1.807) is 0 Å². The summed E-state index contributed by atoms with van der Waals surface area (Å²) in [6.07, 6.45) is 3.88. The van der Waals surface area contributed by atoms with Gasteiger partial charge in [0.2, 0.25) is 0 Å². The quantitative estimate of drug-likeness (QED) is 0.867. The molecule has 2 aliphatic heterocycles. The zero-order valence-electron chi connectivity index (χ0n) is 15.7. The fourth-order valence-corrected chi connectivity index (χ4v) is 5.18. The molecule has 0 bridgehead atoms. The van der Waals surface area contributed by atoms with E-state index < -0.39 is 0 Å². The van der Waals surface area contributed by atoms with Crippen molar-refractivity contribution in [1.29, 1.82) is 0 Å². The Hall–Kier alpha value is -1.84. The van der Waals surface area contributed by atoms with E-state index in [4.69, 9.17) is 0 Å². The Morgan fingerprint density at radius 2 is 1.73 bits per heavy atom. The van der Waals surface area contributed by atoms with Crippen molar-refractivity contribution in [3.05, 3.63) is 65.7 Å². The SMILES string of the molecule is CC(O)C(Cc1ccccc1)C1(N2CCc3ccccc32)CCNCC1. The Bertz CT molecular complexity index is 722. The number of piperidine rings is 1. The Morgan fingerprint density at radius 1 is 1.04 bits per heavy atom. The van der Waals surface area contributed by atoms with Gasteiger partial charge >= 0.3 is 0 Å². The molecule has 0 aromatic heterocycles. The topological polar surface area (TPSA) is 35.5 Å². The molecule has 1 fully saturated rings. The third-order valence-corrected chi connectivity index (χ3v) is 6.47. The molecule has 0 amide bonds. The Labute approximate surface area is 157 Å². The lowest BCUT2D eigenvalue weighted by atomic mass is 9.70. The van der Waals surface area contributed by atoms with Crippen LogP contribution in [0.2, 0.25) is 0 Å². The Kier molecular flexibility index (Phi) is 5.01. The van der Waals surface area contributed by atoms with Gasteiger partial charge in [-0.3, -0.25) is 0 Å². The molecule has 2 atom stereocenters. The van der Waals surface area contributed by atoms with Gasteiger partial charge in [0.1, 0.15) is 0 Å². The third kappa shape index (κ3) is 3.15. The van der Waals surface area contributed by atoms with Crippen LogP contribution in [0.3, 0.4) is 0 Å². The number of hydrogen-bond donors (Lipinski definition) is 2. The molecule has 0 radical (unpaired) electrons. The molecule has 2 heterocycles. The van der Waals surface area contributed by atoms with Crippen LogP contribution in [-0.4, -0.2) is 36.4 Å². The Balaban J connectivity index is 1.73. The predicted molar refractivity (Wildman–Crippen MR) is 108 cm³/mol. The van der Waals surface area contributed by atoms with Gasteiger partial charge in [0, 0.05) is 23.7 Å². The van der Waals surface area contributed by atoms with E-state index in [1.807, 2.05) is 6.92 Å². The van der Waals surface area contributed by atoms with Crippen LogP contribution < -0.4 is 10.2 Å². The van der Waals surface area contributed by atoms with Gasteiger partial charge in [0.05, 0.1) is 6.10 Å². The van der Waals surface area contributed by atoms with E-state index in [2.05, 4.69) is 64.8 Å². The first-order chi connectivity index (χ1) is 12.7. The molecule has 2 unspecified atom stereocenters. The van der Waals surface area contributed by atoms with E-state index >= 15 is 0 Å². The number of aliphatic hydroxyl groups excluding tert-OH is 1. The summed E-state index contributed by atoms with van der Waals surface area (Å²) in [6.45, 7) is 5.10. The number of hydrogen-bond acceptors (Lipinski definition) is 3. The number of nitrogens with zero attached hydrogens (tertiary/aromatic N) is 1. The smallest absolute Gasteiger partial charge is 0.0565 e. The summed E-state index contributed by atoms with van der Waals surface area (Å²) in [4.78, 5) is 2.64. The summed E-state index contributed by atoms with van der Waals surface area (Å²) in [5, 5.41) is 14.4. The standard InChI is InChI=1S/C23H30N2O/c1-18(26)21(17-19-7-3-2-4-8-19)23(12-14-24-15-13-23)25-16-11-20-9-5-6-10-22(20)25/h2-10,18,21,24,26H,11-17H2,1H3. The fraction of sp³-hybridized carbons (Fsp3) is 0.478. The summed E-state index contributed by atoms with van der Waals surface area (Å²) in [6, 6.07) is 19.5. The van der Waals surface area contributed by atoms with Gasteiger partial charge < -0.3 is 15.3 Å². The molecule has 3 nitrogen and oxygen atoms in total. The number of aliphatic hydroxyl groups is 1. The molecule has 2 N–H and O–H groups in total. The number of fused-ring (bicyclic) bond motifs is 1. The molecule has 0 spiro atoms. The second kappa shape index (κ2) is 7.42. The first kappa shape index (κ1) is 17.6. The van der Waals surface area contributed by atoms with Crippen molar-refractivity contribution in [3.63, 3.8) is 0 Å². The highest BCUT2D eigenvalue weighted by Gasteiger charge is 2.48. The van der Waals surface area contributed by atoms with Gasteiger partial charge in [-0.2, -0.15) is 0 Å². The first-order valence-electron chi connectivity index (χ1n) is 9.99. The molecule has 0 aliphatic carbocycles. The van der Waals surface area contributed by atoms with Crippen molar-refractivity contribution >= 4 is 5.69 Å². The minimum absolute atomic E-state index is 0.0157. The zero-order valence-corrected chi connectivity index (χ0v) is 15.7. The second-order valence-electron chi connectivity index (χ2n) is 7.92. The van der Waals surface area contributed by atoms with Crippen molar-refractivity contribution < 1.29 is 5.11 Å². The minimum atomic E-state index is -0.332. The lowest BCUT2D eigenvalue weighted by Gasteiger charge is -2.52. The van der Waals surface area contributed by atoms with Gasteiger partial charge in [-0.05, 0) is 62.9 Å². The van der Waals surface area contributed by atoms with Crippen molar-refractivity contribution in [2.24, 2.45) is 5.92 Å². The zero-order chi connectivity index (χ0) is 18.0. The van der Waals surface area contributed by atoms with Crippen LogP contribution in [0, 0.1) is 5.92 Å². The molecule has 4 rings (SSSR count). The van der Waals surface area contributed by atoms with Gasteiger partial charge in [0.25, 0.3) is 0 Å². The highest BCUT2D eigenvalue weighted by Crippen LogP contribution is 2.44. The fourth-order valence-electron chi connectivity index (χ4n) is 5.18. The van der Waals surface area contributed by atoms with Crippen LogP contribution in [-0.2, 0) is 12.8 Å². The maximum absolute atomic E-state index is 10.9. The van der Waals surface area contributed by atoms with Crippen molar-refractivity contribution in [2.75, 3.05) is 24.5 Å². The monoisotopic (exact) mass is 350 g/mol. The van der Waals surface area contributed by atoms with Crippen molar-refractivity contribution in [2.45, 2.75) is 44.2 Å². The highest BCUT2D eigenvalue weighted by molar-refractivity contribution is 5.60. The molecule has 138 valence electrons. The lowest BCUT2D eigenvalue weighted by molar-refractivity contribution is 0.0529. The normalized spacial score (nSPS) is 21.2. The molecule has 2 aromatic carbocycles. The summed E-state index contributed by atoms with van der Waals surface area (Å²) in [7, 11) is 0. The molecule has 26 heavy (non-hydrogen) atoms. The maximum atomic E-state index is 10.9. The number of nitrogens with one attached hydrogen (secondary N) is 1. The maximum Gasteiger partial charge on any atom is 0.0565 e. The third-order valence-electron chi connectivity index (χ3n) is 6.47. The van der Waals surface area contributed by atoms with Crippen molar-refractivity contribution in [1.82, 2.24) is 5.32 Å². The van der Waals surface area contributed by atoms with Crippen molar-refractivity contribution in [3.8, 4) is 0 Å². The van der Waals surface area contributed by atoms with E-state index in [0.717, 1.165) is 45.3 Å². The van der Waals surface area contributed by atoms with Crippen LogP contribution >= 0.6 is 0 Å². The first-order valence-corrected chi connectivity index (χ1v) is 9.99. The minimum Gasteiger partial charge on any atom is -0.393 e. The highest BCUT2D eigenvalue weighted by atomic mass is 16.3. The van der Waals surface area contributed by atoms with Gasteiger partial charge in [-0.25, -0.2) is 0 Å². The van der Waals surface area contributed by atoms with Crippen LogP contribution in [0.4, 0.5) is 5.69 Å². The second-order valence-corrected chi connectivity index (χ2v) is 7.92. The van der Waals surface area contributed by atoms with Gasteiger partial charge in [0.15, 0.2) is 0 Å². The van der Waals surface area contributed by atoms with Gasteiger partial charge in [-0.15, -0.1) is 0 Å². The summed E-state index contributed by atoms with van der Waals surface area (Å²) in [5.74, 6) is 0.221. The lowest BCUT2D eigenvalue weighted by Crippen LogP contribution is -2.61. The van der Waals surface area contributed by atoms with E-state index in [0.29, 0.717) is 0 Å². The molecule has 3 heteroatoms. The number of para-hydroxylation sites is 1. The predicted octanol–water partition coefficient (Wildman–Crippen LogP) is 3.41. The van der Waals surface area contributed by atoms with Crippen LogP contribution in [0.15, 0.2) is 54.6 Å². The van der Waals surface area contributed by atoms with Gasteiger partial charge in [-0.1, -0.05) is 48.5 Å².